The number of hydrogen-bond donors (Lipinski definition) is 7. The van der Waals surface area contributed by atoms with Crippen LogP contribution in [0.5, 0.6) is 0 Å². The minimum Gasteiger partial charge on any atom is -0.445 e. The van der Waals surface area contributed by atoms with E-state index in [1.165, 1.54) is 23.8 Å². The first-order chi connectivity index (χ1) is 20.1. The molecule has 3 aliphatic rings. The van der Waals surface area contributed by atoms with E-state index in [1.807, 2.05) is 0 Å². The van der Waals surface area contributed by atoms with Gasteiger partial charge in [0.2, 0.25) is 11.6 Å². The van der Waals surface area contributed by atoms with Crippen molar-refractivity contribution in [2.45, 2.75) is 56.8 Å². The molecule has 1 saturated heterocycles. The Kier molecular flexibility index (Phi) is 7.78. The van der Waals surface area contributed by atoms with Crippen molar-refractivity contribution >= 4 is 31.3 Å². The van der Waals surface area contributed by atoms with Crippen molar-refractivity contribution in [2.24, 2.45) is 17.2 Å². The third-order valence-electron chi connectivity index (χ3n) is 7.36. The van der Waals surface area contributed by atoms with Crippen molar-refractivity contribution in [3.8, 4) is 0 Å². The molecule has 1 fully saturated rings. The summed E-state index contributed by atoms with van der Waals surface area (Å²) in [5, 5.41) is 20.8. The molecular weight excluding hydrogens is 597 g/mol. The molecule has 0 saturated carbocycles. The van der Waals surface area contributed by atoms with E-state index in [0.717, 1.165) is 4.57 Å². The molecule has 1 amide bonds. The zero-order chi connectivity index (χ0) is 31.5. The predicted molar refractivity (Wildman–Crippen MR) is 141 cm³/mol. The number of carbonyl (C=O) groups is 3. The summed E-state index contributed by atoms with van der Waals surface area (Å²) < 4.78 is 36.1. The fraction of sp³-hybridized carbons (Fsp3) is 0.435. The van der Waals surface area contributed by atoms with E-state index in [1.54, 1.807) is 0 Å². The zero-order valence-corrected chi connectivity index (χ0v) is 23.2. The number of anilines is 1. The highest BCUT2D eigenvalue weighted by atomic mass is 31.2. The van der Waals surface area contributed by atoms with Gasteiger partial charge in [0.05, 0.1) is 29.6 Å². The second-order valence-electron chi connectivity index (χ2n) is 10.0. The molecule has 0 bridgehead atoms. The number of carbonyl (C=O) groups excluding carboxylic acids is 3. The van der Waals surface area contributed by atoms with Crippen molar-refractivity contribution in [3.63, 3.8) is 0 Å². The van der Waals surface area contributed by atoms with Crippen LogP contribution in [-0.2, 0) is 36.2 Å². The average molecular weight is 625 g/mol. The molecular formula is C23H28N7O12P. The number of phosphoric acid groups is 1. The summed E-state index contributed by atoms with van der Waals surface area (Å²) in [6.07, 6.45) is -7.63. The molecule has 11 N–H and O–H groups in total. The Hall–Kier alpha value is -3.94. The van der Waals surface area contributed by atoms with E-state index in [2.05, 4.69) is 4.98 Å². The molecule has 20 heteroatoms. The zero-order valence-electron chi connectivity index (χ0n) is 22.4. The fourth-order valence-corrected chi connectivity index (χ4v) is 6.21. The minimum atomic E-state index is -5.06. The molecule has 1 aliphatic carbocycles. The molecule has 7 atom stereocenters. The van der Waals surface area contributed by atoms with Gasteiger partial charge in [-0.25, -0.2) is 14.2 Å². The number of ketones is 2. The topological polar surface area (TPSA) is 310 Å². The van der Waals surface area contributed by atoms with Crippen LogP contribution in [0.3, 0.4) is 0 Å². The molecule has 19 nitrogen and oxygen atoms in total. The Morgan fingerprint density at radius 1 is 1.21 bits per heavy atom. The lowest BCUT2D eigenvalue weighted by molar-refractivity contribution is -0.0563. The van der Waals surface area contributed by atoms with Crippen LogP contribution in [0, 0.1) is 0 Å². The lowest BCUT2D eigenvalue weighted by Crippen LogP contribution is -2.36. The molecule has 2 aromatic heterocycles. The largest absolute Gasteiger partial charge is 0.472 e. The Bertz CT molecular complexity index is 1670. The number of Topliss-reactive ketones (excluding diaryl/α,β-unsaturated/α-hetero) is 2. The lowest BCUT2D eigenvalue weighted by atomic mass is 9.89. The van der Waals surface area contributed by atoms with Crippen molar-refractivity contribution in [2.75, 3.05) is 12.3 Å². The van der Waals surface area contributed by atoms with E-state index in [-0.39, 0.29) is 46.1 Å². The second-order valence-corrected chi connectivity index (χ2v) is 11.5. The maximum Gasteiger partial charge on any atom is 0.472 e. The molecule has 0 radical (unpaired) electrons. The van der Waals surface area contributed by atoms with Gasteiger partial charge in [-0.2, -0.15) is 4.98 Å². The minimum absolute atomic E-state index is 0.0105. The molecule has 0 aromatic carbocycles. The van der Waals surface area contributed by atoms with Crippen molar-refractivity contribution in [1.82, 2.24) is 14.1 Å². The Balaban J connectivity index is 1.38. The van der Waals surface area contributed by atoms with Gasteiger partial charge in [0, 0.05) is 23.9 Å². The van der Waals surface area contributed by atoms with Crippen LogP contribution < -0.4 is 28.6 Å². The quantitative estimate of drug-likeness (QED) is 0.151. The number of nitrogen functional groups attached to an aromatic ring is 1. The van der Waals surface area contributed by atoms with Gasteiger partial charge in [-0.1, -0.05) is 0 Å². The number of ether oxygens (including phenoxy) is 2. The number of aliphatic hydroxyl groups excluding tert-OH is 2. The first-order valence-corrected chi connectivity index (χ1v) is 14.1. The van der Waals surface area contributed by atoms with Crippen LogP contribution in [0.25, 0.3) is 0 Å². The van der Waals surface area contributed by atoms with Crippen molar-refractivity contribution in [3.05, 3.63) is 56.5 Å². The molecule has 5 rings (SSSR count). The molecule has 2 aromatic rings. The monoisotopic (exact) mass is 625 g/mol. The SMILES string of the molecule is CC1=C(N)C(=O)c2c(COC(N)=O)c3n(c2C1=O)CC(N)C3OP(=O)(O)OC[C@H]1OC(n2ccc(N)nc2=O)[C@H](O)[C@@H]1O. The second kappa shape index (κ2) is 11.0. The number of amides is 1. The summed E-state index contributed by atoms with van der Waals surface area (Å²) in [7, 11) is -5.06. The van der Waals surface area contributed by atoms with Crippen molar-refractivity contribution < 1.29 is 52.6 Å². The van der Waals surface area contributed by atoms with Gasteiger partial charge in [0.1, 0.15) is 42.5 Å². The van der Waals surface area contributed by atoms with Crippen LogP contribution in [0.4, 0.5) is 10.6 Å². The third-order valence-corrected chi connectivity index (χ3v) is 8.33. The Morgan fingerprint density at radius 2 is 1.91 bits per heavy atom. The van der Waals surface area contributed by atoms with Crippen LogP contribution >= 0.6 is 7.82 Å². The number of aromatic nitrogens is 3. The van der Waals surface area contributed by atoms with E-state index in [0.29, 0.717) is 0 Å². The molecule has 2 aliphatic heterocycles. The Morgan fingerprint density at radius 3 is 2.56 bits per heavy atom. The summed E-state index contributed by atoms with van der Waals surface area (Å²) in [5.74, 6) is -1.42. The van der Waals surface area contributed by atoms with Crippen LogP contribution in [0.2, 0.25) is 0 Å². The number of aliphatic hydroxyl groups is 2. The molecule has 232 valence electrons. The summed E-state index contributed by atoms with van der Waals surface area (Å²) >= 11 is 0. The van der Waals surface area contributed by atoms with Crippen LogP contribution in [0.1, 0.15) is 51.4 Å². The standard InChI is InChI=1S/C23H28N7O12P/c1-7-13(26)18(33)12-8(5-39-22(27)35)14-20(9(24)4-30(14)15(12)16(7)31)42-43(37,38)40-6-10-17(32)19(34)21(41-10)29-3-2-11(25)28-23(29)36/h2-3,9-10,17,19-21,32,34H,4-6,24,26H2,1H3,(H2,27,35)(H,37,38)(H2,25,28,36)/t9?,10-,17-,19-,20?,21?/m1/s1. The van der Waals surface area contributed by atoms with E-state index < -0.39 is 81.1 Å². The normalized spacial score (nSPS) is 28.1. The number of rotatable bonds is 8. The van der Waals surface area contributed by atoms with Gasteiger partial charge in [-0.05, 0) is 13.0 Å². The highest BCUT2D eigenvalue weighted by Gasteiger charge is 2.48. The number of nitrogens with two attached hydrogens (primary N) is 4. The highest BCUT2D eigenvalue weighted by Crippen LogP contribution is 2.52. The Labute approximate surface area is 241 Å². The smallest absolute Gasteiger partial charge is 0.445 e. The molecule has 4 unspecified atom stereocenters. The molecule has 0 spiro atoms. The number of hydrogen-bond acceptors (Lipinski definition) is 15. The average Bonchev–Trinajstić information content (AvgIpc) is 3.52. The van der Waals surface area contributed by atoms with Gasteiger partial charge in [0.15, 0.2) is 6.23 Å². The molecule has 4 heterocycles. The van der Waals surface area contributed by atoms with Gasteiger partial charge < -0.3 is 52.1 Å². The number of primary amides is 1. The maximum atomic E-state index is 13.1. The van der Waals surface area contributed by atoms with Gasteiger partial charge in [-0.3, -0.25) is 23.2 Å². The first-order valence-electron chi connectivity index (χ1n) is 12.6. The van der Waals surface area contributed by atoms with Crippen LogP contribution in [0.15, 0.2) is 28.3 Å². The summed E-state index contributed by atoms with van der Waals surface area (Å²) in [4.78, 5) is 63.8. The number of allylic oxidation sites excluding steroid dienone is 2. The first kappa shape index (κ1) is 30.5. The van der Waals surface area contributed by atoms with Gasteiger partial charge in [0.25, 0.3) is 0 Å². The number of phosphoric ester groups is 1. The lowest BCUT2D eigenvalue weighted by Gasteiger charge is -2.23. The highest BCUT2D eigenvalue weighted by molar-refractivity contribution is 7.47. The third kappa shape index (κ3) is 5.25. The van der Waals surface area contributed by atoms with Crippen LogP contribution in [-0.4, -0.2) is 77.8 Å². The van der Waals surface area contributed by atoms with E-state index in [4.69, 9.17) is 41.5 Å². The predicted octanol–water partition coefficient (Wildman–Crippen LogP) is -2.33. The summed E-state index contributed by atoms with van der Waals surface area (Å²) in [6, 6.07) is 0.213. The maximum absolute atomic E-state index is 13.1. The fourth-order valence-electron chi connectivity index (χ4n) is 5.27. The molecule has 43 heavy (non-hydrogen) atoms. The number of fused-ring (bicyclic) bond motifs is 3. The van der Waals surface area contributed by atoms with Crippen molar-refractivity contribution in [1.29, 1.82) is 0 Å². The van der Waals surface area contributed by atoms with Gasteiger partial charge >= 0.3 is 19.6 Å². The van der Waals surface area contributed by atoms with E-state index >= 15 is 0 Å². The van der Waals surface area contributed by atoms with Gasteiger partial charge in [-0.15, -0.1) is 0 Å². The summed E-state index contributed by atoms with van der Waals surface area (Å²) in [5.41, 5.74) is 21.0. The number of nitrogens with zero attached hydrogens (tertiary/aromatic N) is 3. The summed E-state index contributed by atoms with van der Waals surface area (Å²) in [6.45, 7) is -0.200. The van der Waals surface area contributed by atoms with E-state index in [9.17, 15) is 38.8 Å².